The molecule has 7 atom stereocenters. The summed E-state index contributed by atoms with van der Waals surface area (Å²) in [5, 5.41) is 20.6. The summed E-state index contributed by atoms with van der Waals surface area (Å²) in [6.07, 6.45) is 10.3. The van der Waals surface area contributed by atoms with Crippen molar-refractivity contribution in [3.63, 3.8) is 0 Å². The Kier molecular flexibility index (Phi) is 3.93. The molecule has 3 nitrogen and oxygen atoms in total. The van der Waals surface area contributed by atoms with Gasteiger partial charge in [0.2, 0.25) is 0 Å². The first-order valence-electron chi connectivity index (χ1n) is 10.2. The highest BCUT2D eigenvalue weighted by molar-refractivity contribution is 5.87. The van der Waals surface area contributed by atoms with E-state index < -0.39 is 6.10 Å². The Morgan fingerprint density at radius 1 is 1.04 bits per heavy atom. The summed E-state index contributed by atoms with van der Waals surface area (Å²) in [5.41, 5.74) is -0.0391. The van der Waals surface area contributed by atoms with E-state index in [1.165, 1.54) is 19.3 Å². The van der Waals surface area contributed by atoms with Gasteiger partial charge in [-0.1, -0.05) is 26.7 Å². The number of aliphatic hydroxyl groups is 2. The van der Waals surface area contributed by atoms with E-state index >= 15 is 0 Å². The molecule has 24 heavy (non-hydrogen) atoms. The van der Waals surface area contributed by atoms with Gasteiger partial charge in [0.05, 0.1) is 12.7 Å². The highest BCUT2D eigenvalue weighted by Gasteiger charge is 2.65. The summed E-state index contributed by atoms with van der Waals surface area (Å²) < 4.78 is 0. The zero-order valence-electron chi connectivity index (χ0n) is 15.4. The predicted molar refractivity (Wildman–Crippen MR) is 93.4 cm³/mol. The van der Waals surface area contributed by atoms with Crippen LogP contribution in [-0.2, 0) is 4.79 Å². The summed E-state index contributed by atoms with van der Waals surface area (Å²) in [4.78, 5) is 12.5. The van der Waals surface area contributed by atoms with Crippen molar-refractivity contribution in [2.75, 3.05) is 6.61 Å². The van der Waals surface area contributed by atoms with Crippen LogP contribution in [0.5, 0.6) is 0 Å². The summed E-state index contributed by atoms with van der Waals surface area (Å²) >= 11 is 0. The van der Waals surface area contributed by atoms with Crippen LogP contribution in [0.1, 0.15) is 78.1 Å². The summed E-state index contributed by atoms with van der Waals surface area (Å²) in [6, 6.07) is 0. The van der Waals surface area contributed by atoms with E-state index in [9.17, 15) is 15.0 Å². The average Bonchev–Trinajstić information content (AvgIpc) is 2.89. The molecule has 4 aliphatic carbocycles. The number of carbonyl (C=O) groups is 1. The van der Waals surface area contributed by atoms with Crippen LogP contribution in [0.4, 0.5) is 0 Å². The zero-order chi connectivity index (χ0) is 17.2. The lowest BCUT2D eigenvalue weighted by Gasteiger charge is -2.66. The van der Waals surface area contributed by atoms with Gasteiger partial charge in [0.15, 0.2) is 0 Å². The number of hydrogen-bond donors (Lipinski definition) is 2. The van der Waals surface area contributed by atoms with Gasteiger partial charge in [-0.05, 0) is 68.1 Å². The Morgan fingerprint density at radius 3 is 2.54 bits per heavy atom. The van der Waals surface area contributed by atoms with Gasteiger partial charge in [0.25, 0.3) is 0 Å². The fraction of sp³-hybridized carbons (Fsp3) is 0.952. The highest BCUT2D eigenvalue weighted by atomic mass is 16.3. The standard InChI is InChI=1S/C21H34O3/c1-19-11-8-16-14(15(19)5-6-17(19)23)7-12-21(18(24)13-22)10-4-3-9-20(16,21)2/h14-16,18,22,24H,3-13H2,1-2H3/t14-,15-,16+,18?,19-,20+,21?/m0/s1. The molecule has 0 amide bonds. The molecular weight excluding hydrogens is 300 g/mol. The molecular formula is C21H34O3. The van der Waals surface area contributed by atoms with Gasteiger partial charge < -0.3 is 10.2 Å². The first-order valence-corrected chi connectivity index (χ1v) is 10.2. The molecule has 0 aromatic rings. The Hall–Kier alpha value is -0.410. The maximum atomic E-state index is 12.5. The first kappa shape index (κ1) is 17.0. The summed E-state index contributed by atoms with van der Waals surface area (Å²) in [6.45, 7) is 4.55. The molecule has 4 rings (SSSR count). The van der Waals surface area contributed by atoms with Crippen molar-refractivity contribution < 1.29 is 15.0 Å². The molecule has 3 heteroatoms. The van der Waals surface area contributed by atoms with Gasteiger partial charge in [0.1, 0.15) is 5.78 Å². The lowest BCUT2D eigenvalue weighted by Crippen LogP contribution is -2.62. The fourth-order valence-corrected chi connectivity index (χ4v) is 8.00. The van der Waals surface area contributed by atoms with Crippen LogP contribution in [-0.4, -0.2) is 28.7 Å². The fourth-order valence-electron chi connectivity index (χ4n) is 8.00. The molecule has 0 bridgehead atoms. The molecule has 0 radical (unpaired) electrons. The van der Waals surface area contributed by atoms with E-state index in [-0.39, 0.29) is 22.9 Å². The maximum Gasteiger partial charge on any atom is 0.139 e. The van der Waals surface area contributed by atoms with Crippen LogP contribution in [0, 0.1) is 34.0 Å². The van der Waals surface area contributed by atoms with E-state index in [1.54, 1.807) is 0 Å². The van der Waals surface area contributed by atoms with Crippen molar-refractivity contribution in [3.05, 3.63) is 0 Å². The van der Waals surface area contributed by atoms with Crippen LogP contribution in [0.2, 0.25) is 0 Å². The lowest BCUT2D eigenvalue weighted by molar-refractivity contribution is -0.204. The molecule has 136 valence electrons. The molecule has 0 aliphatic heterocycles. The van der Waals surface area contributed by atoms with E-state index in [1.807, 2.05) is 0 Å². The number of carbonyl (C=O) groups excluding carboxylic acids is 1. The molecule has 2 N–H and O–H groups in total. The predicted octanol–water partition coefficient (Wildman–Crippen LogP) is 3.71. The van der Waals surface area contributed by atoms with Crippen molar-refractivity contribution in [2.24, 2.45) is 34.0 Å². The number of ketones is 1. The highest BCUT2D eigenvalue weighted by Crippen LogP contribution is 2.70. The van der Waals surface area contributed by atoms with Gasteiger partial charge in [-0.25, -0.2) is 0 Å². The van der Waals surface area contributed by atoms with Crippen molar-refractivity contribution in [2.45, 2.75) is 84.2 Å². The van der Waals surface area contributed by atoms with Gasteiger partial charge in [-0.15, -0.1) is 0 Å². The van der Waals surface area contributed by atoms with Crippen molar-refractivity contribution >= 4 is 5.78 Å². The molecule has 0 spiro atoms. The minimum atomic E-state index is -0.581. The Morgan fingerprint density at radius 2 is 1.79 bits per heavy atom. The largest absolute Gasteiger partial charge is 0.394 e. The third kappa shape index (κ3) is 1.95. The number of fused-ring (bicyclic) bond motifs is 5. The summed E-state index contributed by atoms with van der Waals surface area (Å²) in [5.74, 6) is 2.34. The Bertz CT molecular complexity index is 531. The van der Waals surface area contributed by atoms with Crippen LogP contribution >= 0.6 is 0 Å². The topological polar surface area (TPSA) is 57.5 Å². The van der Waals surface area contributed by atoms with E-state index in [2.05, 4.69) is 13.8 Å². The summed E-state index contributed by atoms with van der Waals surface area (Å²) in [7, 11) is 0. The second kappa shape index (κ2) is 5.54. The second-order valence-electron chi connectivity index (χ2n) is 9.81. The second-order valence-corrected chi connectivity index (χ2v) is 9.81. The van der Waals surface area contributed by atoms with E-state index in [0.29, 0.717) is 23.5 Å². The van der Waals surface area contributed by atoms with Gasteiger partial charge in [-0.2, -0.15) is 0 Å². The molecule has 0 aromatic heterocycles. The van der Waals surface area contributed by atoms with Crippen molar-refractivity contribution in [3.8, 4) is 0 Å². The average molecular weight is 335 g/mol. The lowest BCUT2D eigenvalue weighted by atomic mass is 9.39. The molecule has 4 fully saturated rings. The van der Waals surface area contributed by atoms with E-state index in [4.69, 9.17) is 0 Å². The van der Waals surface area contributed by atoms with Crippen molar-refractivity contribution in [1.82, 2.24) is 0 Å². The van der Waals surface area contributed by atoms with E-state index in [0.717, 1.165) is 44.9 Å². The van der Waals surface area contributed by atoms with Crippen LogP contribution in [0.15, 0.2) is 0 Å². The van der Waals surface area contributed by atoms with Crippen molar-refractivity contribution in [1.29, 1.82) is 0 Å². The Labute approximate surface area is 146 Å². The molecule has 4 aliphatic rings. The zero-order valence-corrected chi connectivity index (χ0v) is 15.4. The van der Waals surface area contributed by atoms with Gasteiger partial charge >= 0.3 is 0 Å². The smallest absolute Gasteiger partial charge is 0.139 e. The SMILES string of the molecule is C[C@]12CC[C@@H]3[C@@H](CCC4(C(O)CO)CCCC[C@]34C)[C@@H]1CCC2=O. The number of aliphatic hydroxyl groups excluding tert-OH is 2. The van der Waals surface area contributed by atoms with Crippen LogP contribution in [0.3, 0.4) is 0 Å². The number of Topliss-reactive ketones (excluding diaryl/α,β-unsaturated/α-hetero) is 1. The third-order valence-electron chi connectivity index (χ3n) is 9.41. The number of hydrogen-bond acceptors (Lipinski definition) is 3. The monoisotopic (exact) mass is 334 g/mol. The van der Waals surface area contributed by atoms with Gasteiger partial charge in [-0.3, -0.25) is 4.79 Å². The number of rotatable bonds is 2. The maximum absolute atomic E-state index is 12.5. The molecule has 0 saturated heterocycles. The normalized spacial score (nSPS) is 52.3. The van der Waals surface area contributed by atoms with Crippen LogP contribution < -0.4 is 0 Å². The Balaban J connectivity index is 1.71. The first-order chi connectivity index (χ1) is 11.4. The molecule has 0 heterocycles. The van der Waals surface area contributed by atoms with Crippen LogP contribution in [0.25, 0.3) is 0 Å². The molecule has 2 unspecified atom stereocenters. The quantitative estimate of drug-likeness (QED) is 0.809. The minimum Gasteiger partial charge on any atom is -0.394 e. The minimum absolute atomic E-state index is 0.0677. The molecule has 0 aromatic carbocycles. The third-order valence-corrected chi connectivity index (χ3v) is 9.41. The van der Waals surface area contributed by atoms with Gasteiger partial charge in [0, 0.05) is 17.3 Å². The molecule has 4 saturated carbocycles.